The molecule has 2 rings (SSSR count). The first kappa shape index (κ1) is 12.5. The zero-order valence-corrected chi connectivity index (χ0v) is 10.6. The van der Waals surface area contributed by atoms with Crippen LogP contribution in [0, 0.1) is 11.7 Å². The average molecular weight is 236 g/mol. The van der Waals surface area contributed by atoms with Crippen LogP contribution in [0.1, 0.15) is 24.9 Å². The predicted molar refractivity (Wildman–Crippen MR) is 68.4 cm³/mol. The standard InChI is InChI=1S/C14H21FN2/c1-11(13-3-5-14(15)6-4-13)17-8-7-12(10-17)9-16-2/h3-6,11-12,16H,7-10H2,1-2H3. The second-order valence-corrected chi connectivity index (χ2v) is 4.93. The lowest BCUT2D eigenvalue weighted by Crippen LogP contribution is -2.27. The molecule has 2 atom stereocenters. The lowest BCUT2D eigenvalue weighted by molar-refractivity contribution is 0.252. The molecule has 1 aliphatic heterocycles. The highest BCUT2D eigenvalue weighted by atomic mass is 19.1. The fourth-order valence-electron chi connectivity index (χ4n) is 2.62. The van der Waals surface area contributed by atoms with Gasteiger partial charge in [0.1, 0.15) is 5.82 Å². The van der Waals surface area contributed by atoms with Crippen LogP contribution in [0.5, 0.6) is 0 Å². The fraction of sp³-hybridized carbons (Fsp3) is 0.571. The van der Waals surface area contributed by atoms with Gasteiger partial charge in [-0.25, -0.2) is 4.39 Å². The van der Waals surface area contributed by atoms with Gasteiger partial charge in [0.15, 0.2) is 0 Å². The molecule has 1 saturated heterocycles. The molecule has 0 radical (unpaired) electrons. The minimum Gasteiger partial charge on any atom is -0.319 e. The van der Waals surface area contributed by atoms with E-state index in [1.54, 1.807) is 12.1 Å². The van der Waals surface area contributed by atoms with Gasteiger partial charge < -0.3 is 5.32 Å². The Morgan fingerprint density at radius 2 is 2.12 bits per heavy atom. The van der Waals surface area contributed by atoms with E-state index in [-0.39, 0.29) is 5.82 Å². The fourth-order valence-corrected chi connectivity index (χ4v) is 2.62. The van der Waals surface area contributed by atoms with E-state index >= 15 is 0 Å². The molecule has 0 aliphatic carbocycles. The van der Waals surface area contributed by atoms with E-state index < -0.39 is 0 Å². The van der Waals surface area contributed by atoms with Gasteiger partial charge in [-0.1, -0.05) is 12.1 Å². The summed E-state index contributed by atoms with van der Waals surface area (Å²) < 4.78 is 12.9. The lowest BCUT2D eigenvalue weighted by atomic mass is 10.1. The van der Waals surface area contributed by atoms with Crippen molar-refractivity contribution in [3.63, 3.8) is 0 Å². The van der Waals surface area contributed by atoms with E-state index in [1.807, 2.05) is 19.2 Å². The van der Waals surface area contributed by atoms with Crippen molar-refractivity contribution in [3.05, 3.63) is 35.6 Å². The van der Waals surface area contributed by atoms with Crippen LogP contribution in [0.15, 0.2) is 24.3 Å². The van der Waals surface area contributed by atoms with Crippen molar-refractivity contribution in [3.8, 4) is 0 Å². The molecule has 2 nitrogen and oxygen atoms in total. The molecular weight excluding hydrogens is 215 g/mol. The summed E-state index contributed by atoms with van der Waals surface area (Å²) in [5, 5.41) is 3.24. The van der Waals surface area contributed by atoms with Gasteiger partial charge in [-0.2, -0.15) is 0 Å². The Hall–Kier alpha value is -0.930. The monoisotopic (exact) mass is 236 g/mol. The Bertz CT molecular complexity index is 350. The number of hydrogen-bond donors (Lipinski definition) is 1. The number of rotatable bonds is 4. The van der Waals surface area contributed by atoms with Crippen LogP contribution < -0.4 is 5.32 Å². The molecule has 3 heteroatoms. The zero-order chi connectivity index (χ0) is 12.3. The van der Waals surface area contributed by atoms with E-state index in [0.717, 1.165) is 25.6 Å². The molecule has 0 saturated carbocycles. The number of hydrogen-bond acceptors (Lipinski definition) is 2. The van der Waals surface area contributed by atoms with Gasteiger partial charge in [0.05, 0.1) is 0 Å². The Morgan fingerprint density at radius 1 is 1.41 bits per heavy atom. The van der Waals surface area contributed by atoms with E-state index in [1.165, 1.54) is 12.0 Å². The molecule has 0 amide bonds. The van der Waals surface area contributed by atoms with Gasteiger partial charge in [-0.3, -0.25) is 4.90 Å². The van der Waals surface area contributed by atoms with Crippen LogP contribution in [0.25, 0.3) is 0 Å². The first-order valence-electron chi connectivity index (χ1n) is 6.35. The Balaban J connectivity index is 1.96. The van der Waals surface area contributed by atoms with Crippen molar-refractivity contribution in [2.75, 3.05) is 26.7 Å². The summed E-state index contributed by atoms with van der Waals surface area (Å²) >= 11 is 0. The number of benzene rings is 1. The molecule has 1 heterocycles. The third-order valence-electron chi connectivity index (χ3n) is 3.71. The van der Waals surface area contributed by atoms with Crippen LogP contribution in [0.3, 0.4) is 0 Å². The van der Waals surface area contributed by atoms with E-state index in [4.69, 9.17) is 0 Å². The lowest BCUT2D eigenvalue weighted by Gasteiger charge is -2.24. The largest absolute Gasteiger partial charge is 0.319 e. The van der Waals surface area contributed by atoms with Gasteiger partial charge in [0.25, 0.3) is 0 Å². The van der Waals surface area contributed by atoms with Crippen molar-refractivity contribution in [1.82, 2.24) is 10.2 Å². The molecule has 94 valence electrons. The highest BCUT2D eigenvalue weighted by molar-refractivity contribution is 5.19. The van der Waals surface area contributed by atoms with Crippen molar-refractivity contribution < 1.29 is 4.39 Å². The predicted octanol–water partition coefficient (Wildman–Crippen LogP) is 2.43. The Labute approximate surface area is 103 Å². The van der Waals surface area contributed by atoms with Crippen molar-refractivity contribution in [2.24, 2.45) is 5.92 Å². The Kier molecular flexibility index (Phi) is 4.13. The van der Waals surface area contributed by atoms with Crippen LogP contribution >= 0.6 is 0 Å². The van der Waals surface area contributed by atoms with Crippen LogP contribution in [-0.4, -0.2) is 31.6 Å². The third kappa shape index (κ3) is 3.05. The molecular formula is C14H21FN2. The van der Waals surface area contributed by atoms with E-state index in [2.05, 4.69) is 17.1 Å². The van der Waals surface area contributed by atoms with Gasteiger partial charge in [0.2, 0.25) is 0 Å². The van der Waals surface area contributed by atoms with Crippen molar-refractivity contribution >= 4 is 0 Å². The van der Waals surface area contributed by atoms with Gasteiger partial charge in [0, 0.05) is 12.6 Å². The van der Waals surface area contributed by atoms with Crippen LogP contribution in [0.4, 0.5) is 4.39 Å². The molecule has 1 aromatic carbocycles. The number of likely N-dealkylation sites (tertiary alicyclic amines) is 1. The molecule has 0 spiro atoms. The quantitative estimate of drug-likeness (QED) is 0.863. The number of nitrogens with zero attached hydrogens (tertiary/aromatic N) is 1. The summed E-state index contributed by atoms with van der Waals surface area (Å²) in [6.45, 7) is 5.58. The Morgan fingerprint density at radius 3 is 2.76 bits per heavy atom. The minimum atomic E-state index is -0.157. The maximum Gasteiger partial charge on any atom is 0.123 e. The smallest absolute Gasteiger partial charge is 0.123 e. The molecule has 1 N–H and O–H groups in total. The highest BCUT2D eigenvalue weighted by Crippen LogP contribution is 2.27. The first-order chi connectivity index (χ1) is 8.20. The SMILES string of the molecule is CNCC1CCN(C(C)c2ccc(F)cc2)C1. The minimum absolute atomic E-state index is 0.157. The number of halogens is 1. The number of nitrogens with one attached hydrogen (secondary N) is 1. The average Bonchev–Trinajstić information content (AvgIpc) is 2.78. The van der Waals surface area contributed by atoms with Crippen molar-refractivity contribution in [1.29, 1.82) is 0 Å². The van der Waals surface area contributed by atoms with E-state index in [0.29, 0.717) is 6.04 Å². The molecule has 17 heavy (non-hydrogen) atoms. The van der Waals surface area contributed by atoms with Gasteiger partial charge in [-0.05, 0) is 57.1 Å². The summed E-state index contributed by atoms with van der Waals surface area (Å²) in [4.78, 5) is 2.48. The molecule has 2 unspecified atom stereocenters. The van der Waals surface area contributed by atoms with Crippen LogP contribution in [0.2, 0.25) is 0 Å². The molecule has 1 aliphatic rings. The molecule has 0 bridgehead atoms. The third-order valence-corrected chi connectivity index (χ3v) is 3.71. The van der Waals surface area contributed by atoms with Crippen LogP contribution in [-0.2, 0) is 0 Å². The maximum atomic E-state index is 12.9. The summed E-state index contributed by atoms with van der Waals surface area (Å²) in [6.07, 6.45) is 1.26. The summed E-state index contributed by atoms with van der Waals surface area (Å²) in [5.41, 5.74) is 1.21. The van der Waals surface area contributed by atoms with E-state index in [9.17, 15) is 4.39 Å². The topological polar surface area (TPSA) is 15.3 Å². The second kappa shape index (κ2) is 5.61. The summed E-state index contributed by atoms with van der Waals surface area (Å²) in [7, 11) is 2.01. The van der Waals surface area contributed by atoms with Gasteiger partial charge >= 0.3 is 0 Å². The maximum absolute atomic E-state index is 12.9. The molecule has 0 aromatic heterocycles. The zero-order valence-electron chi connectivity index (χ0n) is 10.6. The normalized spacial score (nSPS) is 22.9. The summed E-state index contributed by atoms with van der Waals surface area (Å²) in [5.74, 6) is 0.596. The summed E-state index contributed by atoms with van der Waals surface area (Å²) in [6, 6.07) is 7.27. The molecule has 1 fully saturated rings. The van der Waals surface area contributed by atoms with Gasteiger partial charge in [-0.15, -0.1) is 0 Å². The highest BCUT2D eigenvalue weighted by Gasteiger charge is 2.26. The van der Waals surface area contributed by atoms with Crippen molar-refractivity contribution in [2.45, 2.75) is 19.4 Å². The first-order valence-corrected chi connectivity index (χ1v) is 6.35. The molecule has 1 aromatic rings. The second-order valence-electron chi connectivity index (χ2n) is 4.93.